The fraction of sp³-hybridized carbons (Fsp3) is 0.333. The van der Waals surface area contributed by atoms with Crippen LogP contribution < -0.4 is 0 Å². The van der Waals surface area contributed by atoms with Crippen LogP contribution in [0.3, 0.4) is 0 Å². The Morgan fingerprint density at radius 2 is 1.76 bits per heavy atom. The van der Waals surface area contributed by atoms with Crippen molar-refractivity contribution >= 4 is 10.8 Å². The van der Waals surface area contributed by atoms with E-state index in [9.17, 15) is 0 Å². The molecule has 0 aliphatic carbocycles. The van der Waals surface area contributed by atoms with Crippen LogP contribution in [0.25, 0.3) is 10.8 Å². The molecule has 2 heteroatoms. The van der Waals surface area contributed by atoms with Crippen LogP contribution in [0.4, 0.5) is 0 Å². The molecule has 90 valence electrons. The van der Waals surface area contributed by atoms with Crippen LogP contribution in [-0.2, 0) is 6.54 Å². The molecule has 0 aliphatic heterocycles. The highest BCUT2D eigenvalue weighted by Gasteiger charge is 2.01. The third-order valence-electron chi connectivity index (χ3n) is 2.99. The highest BCUT2D eigenvalue weighted by Crippen LogP contribution is 2.18. The normalized spacial score (nSPS) is 11.3. The van der Waals surface area contributed by atoms with Crippen molar-refractivity contribution < 1.29 is 5.11 Å². The predicted molar refractivity (Wildman–Crippen MR) is 72.1 cm³/mol. The summed E-state index contributed by atoms with van der Waals surface area (Å²) in [4.78, 5) is 2.12. The van der Waals surface area contributed by atoms with Crippen LogP contribution in [0.15, 0.2) is 36.4 Å². The van der Waals surface area contributed by atoms with E-state index in [1.165, 1.54) is 21.9 Å². The first kappa shape index (κ1) is 12.1. The molecule has 0 aliphatic rings. The Balaban J connectivity index is 2.23. The SMILES string of the molecule is Cc1ccc2cc(CN(C)CCO)ccc2c1. The highest BCUT2D eigenvalue weighted by atomic mass is 16.3. The molecule has 2 nitrogen and oxygen atoms in total. The fourth-order valence-corrected chi connectivity index (χ4v) is 2.07. The number of benzene rings is 2. The molecule has 2 rings (SSSR count). The summed E-state index contributed by atoms with van der Waals surface area (Å²) in [7, 11) is 2.02. The third-order valence-corrected chi connectivity index (χ3v) is 2.99. The second-order valence-electron chi connectivity index (χ2n) is 4.65. The molecule has 0 aromatic heterocycles. The lowest BCUT2D eigenvalue weighted by Gasteiger charge is -2.15. The van der Waals surface area contributed by atoms with Crippen LogP contribution in [0.1, 0.15) is 11.1 Å². The van der Waals surface area contributed by atoms with E-state index in [0.29, 0.717) is 6.54 Å². The quantitative estimate of drug-likeness (QED) is 0.871. The maximum absolute atomic E-state index is 8.88. The van der Waals surface area contributed by atoms with E-state index >= 15 is 0 Å². The van der Waals surface area contributed by atoms with Gasteiger partial charge in [-0.1, -0.05) is 35.9 Å². The number of nitrogens with zero attached hydrogens (tertiary/aromatic N) is 1. The molecule has 0 heterocycles. The Labute approximate surface area is 102 Å². The molecule has 0 atom stereocenters. The Morgan fingerprint density at radius 3 is 2.53 bits per heavy atom. The summed E-state index contributed by atoms with van der Waals surface area (Å²) in [5.41, 5.74) is 2.58. The van der Waals surface area contributed by atoms with Crippen LogP contribution in [0.5, 0.6) is 0 Å². The van der Waals surface area contributed by atoms with Gasteiger partial charge >= 0.3 is 0 Å². The summed E-state index contributed by atoms with van der Waals surface area (Å²) >= 11 is 0. The maximum Gasteiger partial charge on any atom is 0.0558 e. The van der Waals surface area contributed by atoms with Gasteiger partial charge in [-0.15, -0.1) is 0 Å². The fourth-order valence-electron chi connectivity index (χ4n) is 2.07. The van der Waals surface area contributed by atoms with E-state index in [4.69, 9.17) is 5.11 Å². The number of aliphatic hydroxyl groups is 1. The van der Waals surface area contributed by atoms with E-state index in [0.717, 1.165) is 6.54 Å². The minimum Gasteiger partial charge on any atom is -0.395 e. The first-order valence-electron chi connectivity index (χ1n) is 5.98. The molecule has 0 radical (unpaired) electrons. The lowest BCUT2D eigenvalue weighted by Crippen LogP contribution is -2.21. The lowest BCUT2D eigenvalue weighted by atomic mass is 10.0. The van der Waals surface area contributed by atoms with E-state index in [1.807, 2.05) is 7.05 Å². The van der Waals surface area contributed by atoms with Crippen molar-refractivity contribution in [2.75, 3.05) is 20.2 Å². The second-order valence-corrected chi connectivity index (χ2v) is 4.65. The Hall–Kier alpha value is -1.38. The Bertz CT molecular complexity index is 507. The van der Waals surface area contributed by atoms with Gasteiger partial charge in [0.05, 0.1) is 6.61 Å². The topological polar surface area (TPSA) is 23.5 Å². The summed E-state index contributed by atoms with van der Waals surface area (Å²) in [6.45, 7) is 3.92. The number of aliphatic hydroxyl groups excluding tert-OH is 1. The highest BCUT2D eigenvalue weighted by molar-refractivity contribution is 5.83. The second kappa shape index (κ2) is 5.30. The van der Waals surface area contributed by atoms with Gasteiger partial charge in [-0.05, 0) is 36.4 Å². The first-order chi connectivity index (χ1) is 8.19. The van der Waals surface area contributed by atoms with Gasteiger partial charge in [-0.25, -0.2) is 0 Å². The molecule has 0 saturated heterocycles. The van der Waals surface area contributed by atoms with Gasteiger partial charge in [-0.2, -0.15) is 0 Å². The maximum atomic E-state index is 8.88. The predicted octanol–water partition coefficient (Wildman–Crippen LogP) is 2.57. The first-order valence-corrected chi connectivity index (χ1v) is 5.98. The van der Waals surface area contributed by atoms with Crippen LogP contribution in [0.2, 0.25) is 0 Å². The summed E-state index contributed by atoms with van der Waals surface area (Å²) in [5.74, 6) is 0. The summed E-state index contributed by atoms with van der Waals surface area (Å²) in [5, 5.41) is 11.4. The average Bonchev–Trinajstić information content (AvgIpc) is 2.29. The van der Waals surface area contributed by atoms with Crippen molar-refractivity contribution in [3.8, 4) is 0 Å². The minimum absolute atomic E-state index is 0.212. The summed E-state index contributed by atoms with van der Waals surface area (Å²) in [6.07, 6.45) is 0. The van der Waals surface area contributed by atoms with Crippen LogP contribution >= 0.6 is 0 Å². The largest absolute Gasteiger partial charge is 0.395 e. The van der Waals surface area contributed by atoms with Crippen molar-refractivity contribution in [3.05, 3.63) is 47.5 Å². The standard InChI is InChI=1S/C15H19NO/c1-12-3-5-15-10-13(4-6-14(15)9-12)11-16(2)7-8-17/h3-6,9-10,17H,7-8,11H2,1-2H3. The van der Waals surface area contributed by atoms with Gasteiger partial charge in [0.1, 0.15) is 0 Å². The zero-order chi connectivity index (χ0) is 12.3. The summed E-state index contributed by atoms with van der Waals surface area (Å²) in [6, 6.07) is 13.1. The molecule has 17 heavy (non-hydrogen) atoms. The van der Waals surface area contributed by atoms with E-state index in [1.54, 1.807) is 0 Å². The number of rotatable bonds is 4. The van der Waals surface area contributed by atoms with Gasteiger partial charge in [0, 0.05) is 13.1 Å². The van der Waals surface area contributed by atoms with Crippen molar-refractivity contribution in [2.24, 2.45) is 0 Å². The molecule has 2 aromatic carbocycles. The van der Waals surface area contributed by atoms with Gasteiger partial charge in [0.15, 0.2) is 0 Å². The van der Waals surface area contributed by atoms with E-state index in [2.05, 4.69) is 48.2 Å². The third kappa shape index (κ3) is 3.05. The molecular weight excluding hydrogens is 210 g/mol. The Morgan fingerprint density at radius 1 is 1.06 bits per heavy atom. The van der Waals surface area contributed by atoms with Crippen molar-refractivity contribution in [1.29, 1.82) is 0 Å². The van der Waals surface area contributed by atoms with Gasteiger partial charge < -0.3 is 5.11 Å². The molecule has 0 unspecified atom stereocenters. The smallest absolute Gasteiger partial charge is 0.0558 e. The molecule has 0 bridgehead atoms. The molecule has 0 amide bonds. The summed E-state index contributed by atoms with van der Waals surface area (Å²) < 4.78 is 0. The van der Waals surface area contributed by atoms with Crippen molar-refractivity contribution in [1.82, 2.24) is 4.90 Å². The lowest BCUT2D eigenvalue weighted by molar-refractivity contribution is 0.217. The minimum atomic E-state index is 0.212. The molecular formula is C15H19NO. The van der Waals surface area contributed by atoms with Crippen molar-refractivity contribution in [2.45, 2.75) is 13.5 Å². The average molecular weight is 229 g/mol. The number of hydrogen-bond acceptors (Lipinski definition) is 2. The van der Waals surface area contributed by atoms with Gasteiger partial charge in [-0.3, -0.25) is 4.90 Å². The van der Waals surface area contributed by atoms with Crippen LogP contribution in [-0.4, -0.2) is 30.2 Å². The van der Waals surface area contributed by atoms with Crippen LogP contribution in [0, 0.1) is 6.92 Å². The zero-order valence-electron chi connectivity index (χ0n) is 10.5. The van der Waals surface area contributed by atoms with Gasteiger partial charge in [0.25, 0.3) is 0 Å². The number of aryl methyl sites for hydroxylation is 1. The molecule has 2 aromatic rings. The zero-order valence-corrected chi connectivity index (χ0v) is 10.5. The number of hydrogen-bond donors (Lipinski definition) is 1. The molecule has 0 spiro atoms. The molecule has 0 saturated carbocycles. The van der Waals surface area contributed by atoms with Gasteiger partial charge in [0.2, 0.25) is 0 Å². The molecule has 1 N–H and O–H groups in total. The molecule has 0 fully saturated rings. The Kier molecular flexibility index (Phi) is 3.77. The number of fused-ring (bicyclic) bond motifs is 1. The monoisotopic (exact) mass is 229 g/mol. The number of likely N-dealkylation sites (N-methyl/N-ethyl adjacent to an activating group) is 1. The van der Waals surface area contributed by atoms with E-state index in [-0.39, 0.29) is 6.61 Å². The van der Waals surface area contributed by atoms with Crippen molar-refractivity contribution in [3.63, 3.8) is 0 Å². The van der Waals surface area contributed by atoms with E-state index < -0.39 is 0 Å².